The normalized spacial score (nSPS) is 26.4. The van der Waals surface area contributed by atoms with E-state index in [9.17, 15) is 19.2 Å². The lowest BCUT2D eigenvalue weighted by Crippen LogP contribution is -2.45. The Morgan fingerprint density at radius 1 is 1.00 bits per heavy atom. The minimum atomic E-state index is -1.30. The first-order valence-corrected chi connectivity index (χ1v) is 10.1. The number of carbonyl (C=O) groups is 4. The molecule has 0 bridgehead atoms. The second-order valence-electron chi connectivity index (χ2n) is 7.77. The van der Waals surface area contributed by atoms with Crippen molar-refractivity contribution < 1.29 is 33.4 Å². The zero-order valence-electron chi connectivity index (χ0n) is 18.1. The van der Waals surface area contributed by atoms with Crippen molar-refractivity contribution >= 4 is 29.5 Å². The van der Waals surface area contributed by atoms with Crippen molar-refractivity contribution in [2.75, 3.05) is 20.8 Å². The van der Waals surface area contributed by atoms with Gasteiger partial charge < -0.3 is 19.5 Å². The molecule has 1 unspecified atom stereocenters. The number of nitrogens with zero attached hydrogens (tertiary/aromatic N) is 1. The zero-order valence-corrected chi connectivity index (χ0v) is 18.1. The largest absolute Gasteiger partial charge is 0.468 e. The number of hydrogen-bond acceptors (Lipinski definition) is 8. The fraction of sp³-hybridized carbons (Fsp3) is 0.667. The smallest absolute Gasteiger partial charge is 0.336 e. The lowest BCUT2D eigenvalue weighted by atomic mass is 9.80. The van der Waals surface area contributed by atoms with E-state index in [0.717, 1.165) is 25.7 Å². The Kier molecular flexibility index (Phi) is 8.14. The van der Waals surface area contributed by atoms with E-state index < -0.39 is 42.3 Å². The molecule has 0 saturated heterocycles. The quantitative estimate of drug-likeness (QED) is 0.509. The molecule has 9 nitrogen and oxygen atoms in total. The fourth-order valence-corrected chi connectivity index (χ4v) is 4.10. The Morgan fingerprint density at radius 3 is 2.27 bits per heavy atom. The summed E-state index contributed by atoms with van der Waals surface area (Å²) in [7, 11) is 2.35. The Balaban J connectivity index is 2.16. The van der Waals surface area contributed by atoms with Crippen LogP contribution in [0.4, 0.5) is 0 Å². The van der Waals surface area contributed by atoms with E-state index >= 15 is 0 Å². The summed E-state index contributed by atoms with van der Waals surface area (Å²) in [5.74, 6) is -4.90. The first-order chi connectivity index (χ1) is 14.2. The van der Waals surface area contributed by atoms with Crippen LogP contribution in [0.15, 0.2) is 16.3 Å². The van der Waals surface area contributed by atoms with Gasteiger partial charge in [-0.3, -0.25) is 19.4 Å². The van der Waals surface area contributed by atoms with Crippen LogP contribution >= 0.6 is 0 Å². The first-order valence-electron chi connectivity index (χ1n) is 10.1. The van der Waals surface area contributed by atoms with Gasteiger partial charge in [0.25, 0.3) is 5.91 Å². The highest BCUT2D eigenvalue weighted by Crippen LogP contribution is 2.33. The van der Waals surface area contributed by atoms with Crippen LogP contribution in [0.25, 0.3) is 0 Å². The summed E-state index contributed by atoms with van der Waals surface area (Å²) in [5, 5.41) is 2.90. The lowest BCUT2D eigenvalue weighted by Gasteiger charge is -2.30. The molecule has 0 aromatic rings. The number of allylic oxidation sites excluding steroid dienone is 1. The van der Waals surface area contributed by atoms with Gasteiger partial charge >= 0.3 is 17.9 Å². The molecule has 0 radical (unpaired) electrons. The number of aliphatic imine (C=N–C) groups is 1. The number of rotatable bonds is 6. The van der Waals surface area contributed by atoms with Gasteiger partial charge in [-0.25, -0.2) is 4.79 Å². The molecule has 1 N–H and O–H groups in total. The predicted octanol–water partition coefficient (Wildman–Crippen LogP) is 1.55. The van der Waals surface area contributed by atoms with Gasteiger partial charge in [0.1, 0.15) is 11.8 Å². The summed E-state index contributed by atoms with van der Waals surface area (Å²) in [4.78, 5) is 54.0. The van der Waals surface area contributed by atoms with Crippen LogP contribution in [0.2, 0.25) is 0 Å². The summed E-state index contributed by atoms with van der Waals surface area (Å²) in [6, 6.07) is 0.0459. The Morgan fingerprint density at radius 2 is 1.67 bits per heavy atom. The van der Waals surface area contributed by atoms with Crippen molar-refractivity contribution in [3.05, 3.63) is 11.3 Å². The van der Waals surface area contributed by atoms with Gasteiger partial charge in [0.05, 0.1) is 19.8 Å². The predicted molar refractivity (Wildman–Crippen MR) is 107 cm³/mol. The van der Waals surface area contributed by atoms with E-state index in [1.54, 1.807) is 13.8 Å². The Labute approximate surface area is 176 Å². The molecular weight excluding hydrogens is 392 g/mol. The first kappa shape index (κ1) is 23.6. The molecule has 0 aromatic carbocycles. The molecule has 1 fully saturated rings. The topological polar surface area (TPSA) is 120 Å². The van der Waals surface area contributed by atoms with Crippen LogP contribution in [-0.4, -0.2) is 56.4 Å². The molecular formula is C21H30N2O7. The van der Waals surface area contributed by atoms with Crippen molar-refractivity contribution in [2.45, 2.75) is 52.5 Å². The highest BCUT2D eigenvalue weighted by molar-refractivity contribution is 6.10. The molecule has 1 aliphatic carbocycles. The van der Waals surface area contributed by atoms with Gasteiger partial charge in [-0.2, -0.15) is 0 Å². The van der Waals surface area contributed by atoms with Crippen LogP contribution in [-0.2, 0) is 33.4 Å². The maximum absolute atomic E-state index is 12.9. The number of amides is 1. The molecule has 2 aliphatic rings. The zero-order chi connectivity index (χ0) is 22.4. The average molecular weight is 422 g/mol. The van der Waals surface area contributed by atoms with Gasteiger partial charge in [-0.1, -0.05) is 19.8 Å². The molecule has 9 heteroatoms. The second-order valence-corrected chi connectivity index (χ2v) is 7.77. The number of hydrogen-bond donors (Lipinski definition) is 1. The number of esters is 3. The maximum Gasteiger partial charge on any atom is 0.336 e. The monoisotopic (exact) mass is 422 g/mol. The summed E-state index contributed by atoms with van der Waals surface area (Å²) in [5.41, 5.74) is 0.487. The molecule has 30 heavy (non-hydrogen) atoms. The van der Waals surface area contributed by atoms with E-state index in [-0.39, 0.29) is 17.3 Å². The SMILES string of the molecule is COC(=O)C1=C(C)N=C(C)C(C(=O)OC)[C@H]1C(=O)OCC(=O)N[C@H]1CCCC[C@H]1C. The maximum atomic E-state index is 12.9. The molecule has 2 rings (SSSR count). The molecule has 4 atom stereocenters. The molecule has 1 saturated carbocycles. The molecule has 166 valence electrons. The summed E-state index contributed by atoms with van der Waals surface area (Å²) in [6.45, 7) is 4.69. The minimum Gasteiger partial charge on any atom is -0.468 e. The fourth-order valence-electron chi connectivity index (χ4n) is 4.10. The highest BCUT2D eigenvalue weighted by Gasteiger charge is 2.46. The van der Waals surface area contributed by atoms with Crippen LogP contribution < -0.4 is 5.32 Å². The van der Waals surface area contributed by atoms with Crippen LogP contribution in [0.3, 0.4) is 0 Å². The second kappa shape index (κ2) is 10.4. The van der Waals surface area contributed by atoms with Gasteiger partial charge in [0, 0.05) is 17.5 Å². The van der Waals surface area contributed by atoms with Crippen molar-refractivity contribution in [3.8, 4) is 0 Å². The molecule has 0 spiro atoms. The van der Waals surface area contributed by atoms with Crippen molar-refractivity contribution in [2.24, 2.45) is 22.7 Å². The Bertz CT molecular complexity index is 771. The van der Waals surface area contributed by atoms with Crippen molar-refractivity contribution in [1.29, 1.82) is 0 Å². The van der Waals surface area contributed by atoms with Gasteiger partial charge in [0.15, 0.2) is 6.61 Å². The van der Waals surface area contributed by atoms with Crippen LogP contribution in [0, 0.1) is 17.8 Å². The number of nitrogens with one attached hydrogen (secondary N) is 1. The standard InChI is InChI=1S/C21H30N2O7/c1-11-8-6-7-9-14(11)23-15(24)10-30-21(27)18-16(19(25)28-4)12(2)22-13(3)17(18)20(26)29-5/h11,14,16,18H,6-10H2,1-5H3,(H,23,24)/t11-,14+,16?,18-/m1/s1. The third kappa shape index (κ3) is 5.25. The Hall–Kier alpha value is -2.71. The third-order valence-corrected chi connectivity index (χ3v) is 5.75. The van der Waals surface area contributed by atoms with E-state index in [0.29, 0.717) is 11.6 Å². The average Bonchev–Trinajstić information content (AvgIpc) is 2.72. The van der Waals surface area contributed by atoms with E-state index in [1.807, 2.05) is 0 Å². The summed E-state index contributed by atoms with van der Waals surface area (Å²) < 4.78 is 14.8. The highest BCUT2D eigenvalue weighted by atomic mass is 16.5. The van der Waals surface area contributed by atoms with Gasteiger partial charge in [-0.15, -0.1) is 0 Å². The third-order valence-electron chi connectivity index (χ3n) is 5.75. The van der Waals surface area contributed by atoms with E-state index in [4.69, 9.17) is 14.2 Å². The summed E-state index contributed by atoms with van der Waals surface area (Å²) >= 11 is 0. The van der Waals surface area contributed by atoms with Crippen molar-refractivity contribution in [3.63, 3.8) is 0 Å². The van der Waals surface area contributed by atoms with E-state index in [1.165, 1.54) is 14.2 Å². The summed E-state index contributed by atoms with van der Waals surface area (Å²) in [6.07, 6.45) is 4.11. The number of ether oxygens (including phenoxy) is 3. The van der Waals surface area contributed by atoms with Gasteiger partial charge in [0.2, 0.25) is 0 Å². The lowest BCUT2D eigenvalue weighted by molar-refractivity contribution is -0.158. The van der Waals surface area contributed by atoms with Gasteiger partial charge in [-0.05, 0) is 32.6 Å². The number of methoxy groups -OCH3 is 2. The molecule has 0 aromatic heterocycles. The van der Waals surface area contributed by atoms with Crippen LogP contribution in [0.1, 0.15) is 46.5 Å². The van der Waals surface area contributed by atoms with Crippen molar-refractivity contribution in [1.82, 2.24) is 5.32 Å². The van der Waals surface area contributed by atoms with Crippen LogP contribution in [0.5, 0.6) is 0 Å². The molecule has 1 aliphatic heterocycles. The number of carbonyl (C=O) groups excluding carboxylic acids is 4. The minimum absolute atomic E-state index is 0.0459. The van der Waals surface area contributed by atoms with E-state index in [2.05, 4.69) is 17.2 Å². The molecule has 1 amide bonds. The molecule has 1 heterocycles.